The molecule has 3 heteroatoms. The number of anilines is 2. The first-order valence-corrected chi connectivity index (χ1v) is 7.11. The molecule has 0 saturated heterocycles. The van der Waals surface area contributed by atoms with Crippen molar-refractivity contribution < 1.29 is 4.39 Å². The normalized spacial score (nSPS) is 11.0. The molecule has 0 unspecified atom stereocenters. The molecular formula is C19H13FN2. The van der Waals surface area contributed by atoms with Crippen LogP contribution in [0.25, 0.3) is 21.8 Å². The molecule has 3 aromatic carbocycles. The molecule has 106 valence electrons. The van der Waals surface area contributed by atoms with Gasteiger partial charge in [0.05, 0.1) is 16.7 Å². The van der Waals surface area contributed by atoms with Crippen LogP contribution in [0.2, 0.25) is 0 Å². The molecule has 1 aromatic heterocycles. The van der Waals surface area contributed by atoms with Crippen LogP contribution < -0.4 is 5.32 Å². The van der Waals surface area contributed by atoms with E-state index in [2.05, 4.69) is 5.32 Å². The van der Waals surface area contributed by atoms with Gasteiger partial charge in [0.2, 0.25) is 0 Å². The number of nitrogens with one attached hydrogen (secondary N) is 1. The summed E-state index contributed by atoms with van der Waals surface area (Å²) in [6, 6.07) is 22.4. The topological polar surface area (TPSA) is 24.9 Å². The number of para-hydroxylation sites is 2. The van der Waals surface area contributed by atoms with E-state index in [4.69, 9.17) is 4.98 Å². The first-order chi connectivity index (χ1) is 10.8. The van der Waals surface area contributed by atoms with Gasteiger partial charge in [-0.3, -0.25) is 0 Å². The second kappa shape index (κ2) is 5.11. The molecule has 1 heterocycles. The molecule has 0 spiro atoms. The summed E-state index contributed by atoms with van der Waals surface area (Å²) in [7, 11) is 0. The molecular weight excluding hydrogens is 275 g/mol. The lowest BCUT2D eigenvalue weighted by molar-refractivity contribution is 0.628. The van der Waals surface area contributed by atoms with E-state index >= 15 is 0 Å². The van der Waals surface area contributed by atoms with Gasteiger partial charge in [0, 0.05) is 16.5 Å². The summed E-state index contributed by atoms with van der Waals surface area (Å²) in [6.45, 7) is 0. The van der Waals surface area contributed by atoms with Gasteiger partial charge >= 0.3 is 0 Å². The van der Waals surface area contributed by atoms with Gasteiger partial charge in [0.25, 0.3) is 0 Å². The maximum Gasteiger partial charge on any atom is 0.123 e. The maximum atomic E-state index is 13.1. The number of hydrogen-bond donors (Lipinski definition) is 1. The summed E-state index contributed by atoms with van der Waals surface area (Å²) in [5.74, 6) is -0.241. The molecule has 1 N–H and O–H groups in total. The molecule has 4 rings (SSSR count). The predicted octanol–water partition coefficient (Wildman–Crippen LogP) is 5.27. The Hall–Kier alpha value is -2.94. The number of aromatic nitrogens is 1. The standard InChI is InChI=1S/C19H13FN2/c20-13-9-11-14(12-10-13)21-19-15-5-1-3-7-17(15)22-18-8-4-2-6-16(18)19/h1-12H,(H,21,22). The van der Waals surface area contributed by atoms with Crippen molar-refractivity contribution in [3.05, 3.63) is 78.6 Å². The van der Waals surface area contributed by atoms with Crippen molar-refractivity contribution in [3.63, 3.8) is 0 Å². The maximum absolute atomic E-state index is 13.1. The quantitative estimate of drug-likeness (QED) is 0.508. The van der Waals surface area contributed by atoms with Crippen LogP contribution in [0, 0.1) is 5.82 Å². The third-order valence-electron chi connectivity index (χ3n) is 3.70. The lowest BCUT2D eigenvalue weighted by Gasteiger charge is -2.13. The van der Waals surface area contributed by atoms with E-state index in [0.29, 0.717) is 0 Å². The largest absolute Gasteiger partial charge is 0.354 e. The smallest absolute Gasteiger partial charge is 0.123 e. The van der Waals surface area contributed by atoms with Crippen molar-refractivity contribution in [1.82, 2.24) is 4.98 Å². The summed E-state index contributed by atoms with van der Waals surface area (Å²) in [4.78, 5) is 4.69. The summed E-state index contributed by atoms with van der Waals surface area (Å²) in [5, 5.41) is 5.50. The first kappa shape index (κ1) is 12.8. The molecule has 2 nitrogen and oxygen atoms in total. The summed E-state index contributed by atoms with van der Waals surface area (Å²) in [5.41, 5.74) is 3.72. The monoisotopic (exact) mass is 288 g/mol. The number of pyridine rings is 1. The number of hydrogen-bond acceptors (Lipinski definition) is 2. The van der Waals surface area contributed by atoms with Crippen molar-refractivity contribution in [2.75, 3.05) is 5.32 Å². The van der Waals surface area contributed by atoms with E-state index in [-0.39, 0.29) is 5.82 Å². The van der Waals surface area contributed by atoms with E-state index in [1.807, 2.05) is 48.5 Å². The summed E-state index contributed by atoms with van der Waals surface area (Å²) < 4.78 is 13.1. The average Bonchev–Trinajstić information content (AvgIpc) is 2.56. The zero-order valence-electron chi connectivity index (χ0n) is 11.8. The number of fused-ring (bicyclic) bond motifs is 2. The lowest BCUT2D eigenvalue weighted by Crippen LogP contribution is -1.95. The van der Waals surface area contributed by atoms with Gasteiger partial charge in [-0.15, -0.1) is 0 Å². The highest BCUT2D eigenvalue weighted by molar-refractivity contribution is 6.08. The number of benzene rings is 3. The summed E-state index contributed by atoms with van der Waals surface area (Å²) in [6.07, 6.45) is 0. The molecule has 0 atom stereocenters. The van der Waals surface area contributed by atoms with Gasteiger partial charge in [-0.1, -0.05) is 36.4 Å². The van der Waals surface area contributed by atoms with E-state index in [1.165, 1.54) is 12.1 Å². The van der Waals surface area contributed by atoms with Gasteiger partial charge in [0.15, 0.2) is 0 Å². The molecule has 0 aliphatic carbocycles. The van der Waals surface area contributed by atoms with Crippen molar-refractivity contribution in [3.8, 4) is 0 Å². The van der Waals surface area contributed by atoms with Gasteiger partial charge in [-0.25, -0.2) is 9.37 Å². The van der Waals surface area contributed by atoms with Crippen LogP contribution in [0.5, 0.6) is 0 Å². The molecule has 22 heavy (non-hydrogen) atoms. The third-order valence-corrected chi connectivity index (χ3v) is 3.70. The van der Waals surface area contributed by atoms with Crippen LogP contribution in [0.15, 0.2) is 72.8 Å². The fourth-order valence-electron chi connectivity index (χ4n) is 2.65. The van der Waals surface area contributed by atoms with Gasteiger partial charge in [-0.05, 0) is 36.4 Å². The minimum atomic E-state index is -0.241. The van der Waals surface area contributed by atoms with Gasteiger partial charge in [0.1, 0.15) is 5.82 Å². The van der Waals surface area contributed by atoms with Gasteiger partial charge < -0.3 is 5.32 Å². The van der Waals surface area contributed by atoms with Crippen molar-refractivity contribution in [2.45, 2.75) is 0 Å². The predicted molar refractivity (Wildman–Crippen MR) is 88.9 cm³/mol. The Labute approximate surface area is 127 Å². The second-order valence-corrected chi connectivity index (χ2v) is 5.15. The second-order valence-electron chi connectivity index (χ2n) is 5.15. The Kier molecular flexibility index (Phi) is 2.97. The Morgan fingerprint density at radius 3 is 1.82 bits per heavy atom. The average molecular weight is 288 g/mol. The minimum Gasteiger partial charge on any atom is -0.354 e. The van der Waals surface area contributed by atoms with Crippen molar-refractivity contribution >= 4 is 33.2 Å². The van der Waals surface area contributed by atoms with Crippen LogP contribution in [0.1, 0.15) is 0 Å². The molecule has 0 bridgehead atoms. The Bertz CT molecular complexity index is 908. The molecule has 0 saturated carbocycles. The van der Waals surface area contributed by atoms with E-state index in [0.717, 1.165) is 33.2 Å². The molecule has 0 amide bonds. The van der Waals surface area contributed by atoms with Crippen LogP contribution in [-0.4, -0.2) is 4.98 Å². The van der Waals surface area contributed by atoms with Crippen molar-refractivity contribution in [2.24, 2.45) is 0 Å². The van der Waals surface area contributed by atoms with Crippen LogP contribution in [-0.2, 0) is 0 Å². The van der Waals surface area contributed by atoms with E-state index < -0.39 is 0 Å². The highest BCUT2D eigenvalue weighted by Crippen LogP contribution is 2.32. The zero-order chi connectivity index (χ0) is 14.9. The lowest BCUT2D eigenvalue weighted by atomic mass is 10.1. The highest BCUT2D eigenvalue weighted by Gasteiger charge is 2.08. The molecule has 0 fully saturated rings. The van der Waals surface area contributed by atoms with E-state index in [9.17, 15) is 4.39 Å². The SMILES string of the molecule is Fc1ccc(Nc2c3ccccc3nc3ccccc23)cc1. The highest BCUT2D eigenvalue weighted by atomic mass is 19.1. The molecule has 0 aliphatic rings. The Balaban J connectivity index is 1.97. The minimum absolute atomic E-state index is 0.241. The molecule has 0 radical (unpaired) electrons. The zero-order valence-corrected chi connectivity index (χ0v) is 11.8. The first-order valence-electron chi connectivity index (χ1n) is 7.11. The third kappa shape index (κ3) is 2.17. The fourth-order valence-corrected chi connectivity index (χ4v) is 2.65. The molecule has 4 aromatic rings. The Morgan fingerprint density at radius 1 is 0.682 bits per heavy atom. The Morgan fingerprint density at radius 2 is 1.23 bits per heavy atom. The van der Waals surface area contributed by atoms with Crippen LogP contribution >= 0.6 is 0 Å². The molecule has 0 aliphatic heterocycles. The van der Waals surface area contributed by atoms with E-state index in [1.54, 1.807) is 12.1 Å². The van der Waals surface area contributed by atoms with Crippen LogP contribution in [0.4, 0.5) is 15.8 Å². The van der Waals surface area contributed by atoms with Crippen molar-refractivity contribution in [1.29, 1.82) is 0 Å². The van der Waals surface area contributed by atoms with Gasteiger partial charge in [-0.2, -0.15) is 0 Å². The number of halogens is 1. The fraction of sp³-hybridized carbons (Fsp3) is 0. The number of rotatable bonds is 2. The summed E-state index contributed by atoms with van der Waals surface area (Å²) >= 11 is 0. The number of nitrogens with zero attached hydrogens (tertiary/aromatic N) is 1. The van der Waals surface area contributed by atoms with Crippen LogP contribution in [0.3, 0.4) is 0 Å².